The minimum Gasteiger partial charge on any atom is -0.311 e. The Kier molecular flexibility index (Phi) is 4.90. The monoisotopic (exact) mass is 175 g/mol. The lowest BCUT2D eigenvalue weighted by molar-refractivity contribution is 0.677. The molecule has 0 saturated carbocycles. The van der Waals surface area contributed by atoms with Gasteiger partial charge in [0.1, 0.15) is 0 Å². The summed E-state index contributed by atoms with van der Waals surface area (Å²) in [6.07, 6.45) is 1.95. The fraction of sp³-hybridized carbons (Fsp3) is 0.571. The Balaban J connectivity index is 0.000001000. The van der Waals surface area contributed by atoms with Crippen LogP contribution in [0, 0.1) is 0 Å². The highest BCUT2D eigenvalue weighted by Crippen LogP contribution is 1.91. The molecule has 11 heavy (non-hydrogen) atoms. The van der Waals surface area contributed by atoms with E-state index in [2.05, 4.69) is 17.3 Å². The van der Waals surface area contributed by atoms with Crippen molar-refractivity contribution in [2.24, 2.45) is 7.05 Å². The maximum Gasteiger partial charge on any atom is 0.0762 e. The predicted octanol–water partition coefficient (Wildman–Crippen LogP) is 0.951. The summed E-state index contributed by atoms with van der Waals surface area (Å²) in [6, 6.07) is 2.02. The Bertz CT molecular complexity index is 197. The van der Waals surface area contributed by atoms with Gasteiger partial charge in [-0.05, 0) is 12.6 Å². The van der Waals surface area contributed by atoms with E-state index < -0.39 is 0 Å². The Hall–Kier alpha value is -0.540. The van der Waals surface area contributed by atoms with Gasteiger partial charge in [-0.1, -0.05) is 6.92 Å². The molecular weight excluding hydrogens is 162 g/mol. The first kappa shape index (κ1) is 10.5. The SMILES string of the molecule is CCNCc1ccn(C)n1.Cl. The minimum atomic E-state index is 0. The molecule has 4 heteroatoms. The number of rotatable bonds is 3. The molecule has 0 aliphatic carbocycles. The maximum absolute atomic E-state index is 4.20. The molecule has 1 aromatic heterocycles. The van der Waals surface area contributed by atoms with Crippen LogP contribution in [0.1, 0.15) is 12.6 Å². The average molecular weight is 176 g/mol. The Labute approximate surface area is 73.2 Å². The number of hydrogen-bond acceptors (Lipinski definition) is 2. The smallest absolute Gasteiger partial charge is 0.0762 e. The van der Waals surface area contributed by atoms with E-state index in [4.69, 9.17) is 0 Å². The molecule has 0 amide bonds. The molecule has 0 fully saturated rings. The highest BCUT2D eigenvalue weighted by atomic mass is 35.5. The van der Waals surface area contributed by atoms with Crippen molar-refractivity contribution in [2.75, 3.05) is 6.54 Å². The van der Waals surface area contributed by atoms with Gasteiger partial charge in [-0.15, -0.1) is 12.4 Å². The molecule has 0 radical (unpaired) electrons. The summed E-state index contributed by atoms with van der Waals surface area (Å²) >= 11 is 0. The summed E-state index contributed by atoms with van der Waals surface area (Å²) in [7, 11) is 1.93. The Morgan fingerprint density at radius 2 is 2.36 bits per heavy atom. The largest absolute Gasteiger partial charge is 0.311 e. The summed E-state index contributed by atoms with van der Waals surface area (Å²) in [5.41, 5.74) is 1.10. The van der Waals surface area contributed by atoms with Crippen LogP contribution in [-0.2, 0) is 13.6 Å². The van der Waals surface area contributed by atoms with Crippen molar-refractivity contribution in [1.82, 2.24) is 15.1 Å². The molecule has 0 saturated heterocycles. The minimum absolute atomic E-state index is 0. The fourth-order valence-electron chi connectivity index (χ4n) is 0.811. The van der Waals surface area contributed by atoms with Gasteiger partial charge in [-0.2, -0.15) is 5.10 Å². The second-order valence-corrected chi connectivity index (χ2v) is 2.26. The van der Waals surface area contributed by atoms with Gasteiger partial charge in [-0.3, -0.25) is 4.68 Å². The number of nitrogens with one attached hydrogen (secondary N) is 1. The lowest BCUT2D eigenvalue weighted by Crippen LogP contribution is -2.12. The maximum atomic E-state index is 4.20. The molecule has 0 aliphatic rings. The Morgan fingerprint density at radius 1 is 1.64 bits per heavy atom. The van der Waals surface area contributed by atoms with E-state index in [0.29, 0.717) is 0 Å². The molecule has 1 aromatic rings. The van der Waals surface area contributed by atoms with Crippen LogP contribution >= 0.6 is 12.4 Å². The topological polar surface area (TPSA) is 29.9 Å². The van der Waals surface area contributed by atoms with Crippen LogP contribution in [0.3, 0.4) is 0 Å². The normalized spacial score (nSPS) is 9.27. The highest BCUT2D eigenvalue weighted by Gasteiger charge is 1.92. The van der Waals surface area contributed by atoms with Gasteiger partial charge in [0.05, 0.1) is 5.69 Å². The number of halogens is 1. The van der Waals surface area contributed by atoms with Crippen LogP contribution in [-0.4, -0.2) is 16.3 Å². The molecule has 0 spiro atoms. The van der Waals surface area contributed by atoms with E-state index in [-0.39, 0.29) is 12.4 Å². The fourth-order valence-corrected chi connectivity index (χ4v) is 0.811. The molecule has 0 bridgehead atoms. The average Bonchev–Trinajstić information content (AvgIpc) is 2.31. The molecule has 0 unspecified atom stereocenters. The van der Waals surface area contributed by atoms with Gasteiger partial charge in [0.25, 0.3) is 0 Å². The van der Waals surface area contributed by atoms with Crippen molar-refractivity contribution in [3.8, 4) is 0 Å². The molecule has 1 N–H and O–H groups in total. The summed E-state index contributed by atoms with van der Waals surface area (Å²) in [5.74, 6) is 0. The zero-order valence-electron chi connectivity index (χ0n) is 6.87. The van der Waals surface area contributed by atoms with Crippen molar-refractivity contribution < 1.29 is 0 Å². The summed E-state index contributed by atoms with van der Waals surface area (Å²) < 4.78 is 1.81. The summed E-state index contributed by atoms with van der Waals surface area (Å²) in [6.45, 7) is 3.96. The third-order valence-electron chi connectivity index (χ3n) is 1.32. The molecule has 1 rings (SSSR count). The van der Waals surface area contributed by atoms with Crippen LogP contribution in [0.25, 0.3) is 0 Å². The molecule has 64 valence electrons. The molecular formula is C7H14ClN3. The van der Waals surface area contributed by atoms with Gasteiger partial charge < -0.3 is 5.32 Å². The van der Waals surface area contributed by atoms with Crippen LogP contribution in [0.2, 0.25) is 0 Å². The van der Waals surface area contributed by atoms with E-state index in [1.54, 1.807) is 0 Å². The third kappa shape index (κ3) is 3.39. The highest BCUT2D eigenvalue weighted by molar-refractivity contribution is 5.85. The first-order valence-corrected chi connectivity index (χ1v) is 3.52. The first-order valence-electron chi connectivity index (χ1n) is 3.52. The second kappa shape index (κ2) is 5.16. The zero-order valence-corrected chi connectivity index (χ0v) is 7.69. The van der Waals surface area contributed by atoms with E-state index >= 15 is 0 Å². The number of aryl methyl sites for hydroxylation is 1. The van der Waals surface area contributed by atoms with Gasteiger partial charge in [-0.25, -0.2) is 0 Å². The van der Waals surface area contributed by atoms with Crippen LogP contribution in [0.4, 0.5) is 0 Å². The number of nitrogens with zero attached hydrogens (tertiary/aromatic N) is 2. The zero-order chi connectivity index (χ0) is 7.40. The number of hydrogen-bond donors (Lipinski definition) is 1. The van der Waals surface area contributed by atoms with E-state index in [1.165, 1.54) is 0 Å². The lowest BCUT2D eigenvalue weighted by Gasteiger charge is -1.94. The Morgan fingerprint density at radius 3 is 2.82 bits per heavy atom. The molecule has 0 aliphatic heterocycles. The second-order valence-electron chi connectivity index (χ2n) is 2.26. The predicted molar refractivity (Wildman–Crippen MR) is 47.8 cm³/mol. The van der Waals surface area contributed by atoms with E-state index in [9.17, 15) is 0 Å². The van der Waals surface area contributed by atoms with Crippen molar-refractivity contribution in [3.63, 3.8) is 0 Å². The number of aromatic nitrogens is 2. The van der Waals surface area contributed by atoms with Crippen molar-refractivity contribution in [1.29, 1.82) is 0 Å². The van der Waals surface area contributed by atoms with Crippen molar-refractivity contribution in [3.05, 3.63) is 18.0 Å². The van der Waals surface area contributed by atoms with Gasteiger partial charge in [0.2, 0.25) is 0 Å². The summed E-state index contributed by atoms with van der Waals surface area (Å²) in [5, 5.41) is 7.40. The van der Waals surface area contributed by atoms with Crippen LogP contribution in [0.15, 0.2) is 12.3 Å². The van der Waals surface area contributed by atoms with Crippen molar-refractivity contribution >= 4 is 12.4 Å². The molecule has 0 atom stereocenters. The van der Waals surface area contributed by atoms with Gasteiger partial charge >= 0.3 is 0 Å². The van der Waals surface area contributed by atoms with E-state index in [0.717, 1.165) is 18.8 Å². The quantitative estimate of drug-likeness (QED) is 0.742. The van der Waals surface area contributed by atoms with Crippen molar-refractivity contribution in [2.45, 2.75) is 13.5 Å². The van der Waals surface area contributed by atoms with Gasteiger partial charge in [0, 0.05) is 19.8 Å². The standard InChI is InChI=1S/C7H13N3.ClH/c1-3-8-6-7-4-5-10(2)9-7;/h4-5,8H,3,6H2,1-2H3;1H. The molecule has 3 nitrogen and oxygen atoms in total. The third-order valence-corrected chi connectivity index (χ3v) is 1.32. The van der Waals surface area contributed by atoms with E-state index in [1.807, 2.05) is 24.0 Å². The van der Waals surface area contributed by atoms with Crippen LogP contribution < -0.4 is 5.32 Å². The molecule has 0 aromatic carbocycles. The van der Waals surface area contributed by atoms with Crippen LogP contribution in [0.5, 0.6) is 0 Å². The first-order chi connectivity index (χ1) is 4.83. The van der Waals surface area contributed by atoms with Gasteiger partial charge in [0.15, 0.2) is 0 Å². The summed E-state index contributed by atoms with van der Waals surface area (Å²) in [4.78, 5) is 0. The molecule has 1 heterocycles. The lowest BCUT2D eigenvalue weighted by atomic mass is 10.4.